The molecule has 4 aromatic heterocycles. The molecule has 0 saturated carbocycles. The summed E-state index contributed by atoms with van der Waals surface area (Å²) in [6.45, 7) is 9.24. The van der Waals surface area contributed by atoms with Crippen LogP contribution >= 0.6 is 0 Å². The molecule has 0 amide bonds. The minimum atomic E-state index is -0.631. The molecule has 2 unspecified atom stereocenters. The number of hydrogen-bond acceptors (Lipinski definition) is 15. The fourth-order valence-electron chi connectivity index (χ4n) is 5.92. The second-order valence-electron chi connectivity index (χ2n) is 12.8. The molecule has 2 aliphatic carbocycles. The molecule has 0 radical (unpaired) electrons. The second kappa shape index (κ2) is 21.4. The maximum absolute atomic E-state index is 12.7. The van der Waals surface area contributed by atoms with E-state index in [1.165, 1.54) is 50.5 Å². The quantitative estimate of drug-likeness (QED) is 0.0662. The number of esters is 2. The molecule has 2 atom stereocenters. The Morgan fingerprint density at radius 3 is 1.47 bits per heavy atom. The standard InChI is InChI=1S/C20H21N5O2.C11H19NO2.C9H4N4O/c1-3-5-6-13(4-2)10-27-20(26)14(7-21)17-15-8-22-11-24-18(15)19-16(17)9-23-12-25-19;1-3-5-6-10(4-2)9-14-11(13)7-8-12;14-9-5-1-10-3-12-7(5)8-6(9)2-11-4-13-8/h8-9,11-13H,3-6,10H2,1-2H3;10H,3-7,9H2,1-2H3;1-4H. The third-order valence-corrected chi connectivity index (χ3v) is 9.13. The molecule has 15 nitrogen and oxygen atoms in total. The van der Waals surface area contributed by atoms with Crippen LogP contribution < -0.4 is 0 Å². The van der Waals surface area contributed by atoms with E-state index in [4.69, 9.17) is 14.7 Å². The maximum atomic E-state index is 12.7. The number of nitriles is 2. The molecule has 0 aliphatic heterocycles. The van der Waals surface area contributed by atoms with E-state index in [2.05, 4.69) is 67.6 Å². The average Bonchev–Trinajstić information content (AvgIpc) is 3.71. The van der Waals surface area contributed by atoms with E-state index in [0.717, 1.165) is 38.5 Å². The number of carbonyl (C=O) groups excluding carboxylic acids is 3. The van der Waals surface area contributed by atoms with Gasteiger partial charge in [0, 0.05) is 41.5 Å². The van der Waals surface area contributed by atoms with Crippen LogP contribution in [0.15, 0.2) is 55.7 Å². The number of unbranched alkanes of at least 4 members (excludes halogenated alkanes) is 2. The number of aromatic nitrogens is 8. The van der Waals surface area contributed by atoms with Crippen molar-refractivity contribution in [3.05, 3.63) is 77.9 Å². The molecular formula is C40H44N10O5. The van der Waals surface area contributed by atoms with Gasteiger partial charge in [0.05, 0.1) is 30.4 Å². The molecule has 0 fully saturated rings. The molecule has 2 aliphatic rings. The van der Waals surface area contributed by atoms with Crippen LogP contribution in [0.4, 0.5) is 0 Å². The van der Waals surface area contributed by atoms with Crippen molar-refractivity contribution in [2.75, 3.05) is 13.2 Å². The summed E-state index contributed by atoms with van der Waals surface area (Å²) in [6, 6.07) is 3.78. The van der Waals surface area contributed by atoms with Crippen LogP contribution in [0.25, 0.3) is 28.3 Å². The fraction of sp³-hybridized carbons (Fsp3) is 0.425. The van der Waals surface area contributed by atoms with Crippen molar-refractivity contribution in [2.45, 2.75) is 85.5 Å². The van der Waals surface area contributed by atoms with Crippen molar-refractivity contribution in [2.24, 2.45) is 11.8 Å². The Kier molecular flexibility index (Phi) is 16.1. The monoisotopic (exact) mass is 744 g/mol. The first-order valence-electron chi connectivity index (χ1n) is 18.4. The van der Waals surface area contributed by atoms with Gasteiger partial charge in [-0.3, -0.25) is 9.59 Å². The number of ketones is 1. The first kappa shape index (κ1) is 41.4. The average molecular weight is 745 g/mol. The Bertz CT molecular complexity index is 1980. The zero-order valence-electron chi connectivity index (χ0n) is 31.6. The molecule has 0 aromatic carbocycles. The van der Waals surface area contributed by atoms with Gasteiger partial charge in [-0.25, -0.2) is 44.7 Å². The molecule has 284 valence electrons. The largest absolute Gasteiger partial charge is 0.465 e. The van der Waals surface area contributed by atoms with Gasteiger partial charge in [0.1, 0.15) is 66.1 Å². The lowest BCUT2D eigenvalue weighted by molar-refractivity contribution is -0.144. The minimum Gasteiger partial charge on any atom is -0.465 e. The van der Waals surface area contributed by atoms with Crippen molar-refractivity contribution in [1.82, 2.24) is 39.9 Å². The predicted molar refractivity (Wildman–Crippen MR) is 200 cm³/mol. The zero-order valence-corrected chi connectivity index (χ0v) is 31.6. The maximum Gasteiger partial charge on any atom is 0.349 e. The Morgan fingerprint density at radius 2 is 1.07 bits per heavy atom. The molecule has 0 N–H and O–H groups in total. The van der Waals surface area contributed by atoms with E-state index >= 15 is 0 Å². The van der Waals surface area contributed by atoms with E-state index in [-0.39, 0.29) is 17.8 Å². The lowest BCUT2D eigenvalue weighted by Crippen LogP contribution is -2.16. The number of hydrogen-bond donors (Lipinski definition) is 0. The van der Waals surface area contributed by atoms with Crippen LogP contribution in [-0.4, -0.2) is 70.8 Å². The first-order chi connectivity index (χ1) is 26.8. The number of fused-ring (bicyclic) bond motifs is 6. The molecule has 0 spiro atoms. The van der Waals surface area contributed by atoms with Crippen molar-refractivity contribution >= 4 is 23.3 Å². The molecule has 55 heavy (non-hydrogen) atoms. The Morgan fingerprint density at radius 1 is 0.655 bits per heavy atom. The summed E-state index contributed by atoms with van der Waals surface area (Å²) in [5.41, 5.74) is 4.95. The summed E-state index contributed by atoms with van der Waals surface area (Å²) < 4.78 is 10.5. The number of nitrogens with zero attached hydrogens (tertiary/aromatic N) is 10. The smallest absolute Gasteiger partial charge is 0.349 e. The van der Waals surface area contributed by atoms with Gasteiger partial charge in [-0.05, 0) is 24.7 Å². The summed E-state index contributed by atoms with van der Waals surface area (Å²) in [5, 5.41) is 17.9. The van der Waals surface area contributed by atoms with Gasteiger partial charge < -0.3 is 9.47 Å². The molecule has 6 rings (SSSR count). The SMILES string of the molecule is CCCCC(CC)COC(=O)C(C#N)=C1c2cncnc2-c2ncncc21.CCCCC(CC)COC(=O)CC#N.O=C1c2cncnc2-c2ncncc21. The Labute approximate surface area is 320 Å². The number of rotatable bonds is 14. The van der Waals surface area contributed by atoms with Crippen LogP contribution in [0, 0.1) is 34.5 Å². The highest BCUT2D eigenvalue weighted by Gasteiger charge is 2.32. The van der Waals surface area contributed by atoms with E-state index in [1.807, 2.05) is 6.07 Å². The molecule has 0 bridgehead atoms. The predicted octanol–water partition coefficient (Wildman–Crippen LogP) is 6.47. The van der Waals surface area contributed by atoms with Gasteiger partial charge in [-0.1, -0.05) is 66.2 Å². The third-order valence-electron chi connectivity index (χ3n) is 9.13. The van der Waals surface area contributed by atoms with Gasteiger partial charge in [0.25, 0.3) is 0 Å². The second-order valence-corrected chi connectivity index (χ2v) is 12.8. The molecule has 4 heterocycles. The van der Waals surface area contributed by atoms with Gasteiger partial charge in [-0.2, -0.15) is 10.5 Å². The zero-order chi connectivity index (χ0) is 39.6. The van der Waals surface area contributed by atoms with Gasteiger partial charge in [0.2, 0.25) is 5.78 Å². The van der Waals surface area contributed by atoms with Gasteiger partial charge >= 0.3 is 11.9 Å². The highest BCUT2D eigenvalue weighted by Crippen LogP contribution is 2.42. The van der Waals surface area contributed by atoms with E-state index in [9.17, 15) is 19.6 Å². The highest BCUT2D eigenvalue weighted by molar-refractivity contribution is 6.19. The number of carbonyl (C=O) groups is 3. The van der Waals surface area contributed by atoms with Crippen LogP contribution in [0.1, 0.15) is 113 Å². The fourth-order valence-corrected chi connectivity index (χ4v) is 5.92. The first-order valence-corrected chi connectivity index (χ1v) is 18.4. The van der Waals surface area contributed by atoms with Crippen molar-refractivity contribution in [1.29, 1.82) is 10.5 Å². The van der Waals surface area contributed by atoms with E-state index < -0.39 is 11.9 Å². The minimum absolute atomic E-state index is 0.0649. The normalized spacial score (nSPS) is 12.4. The summed E-state index contributed by atoms with van der Waals surface area (Å²) in [4.78, 5) is 67.6. The topological polar surface area (TPSA) is 220 Å². The number of ether oxygens (including phenoxy) is 2. The molecule has 15 heteroatoms. The highest BCUT2D eigenvalue weighted by atomic mass is 16.5. The summed E-state index contributed by atoms with van der Waals surface area (Å²) in [7, 11) is 0. The Hall–Kier alpha value is -6.35. The van der Waals surface area contributed by atoms with Crippen molar-refractivity contribution in [3.63, 3.8) is 0 Å². The summed E-state index contributed by atoms with van der Waals surface area (Å²) in [6.07, 6.45) is 20.3. The molecule has 4 aromatic rings. The third kappa shape index (κ3) is 10.6. The van der Waals surface area contributed by atoms with Gasteiger partial charge in [-0.15, -0.1) is 0 Å². The summed E-state index contributed by atoms with van der Waals surface area (Å²) >= 11 is 0. The van der Waals surface area contributed by atoms with Crippen LogP contribution in [0.5, 0.6) is 0 Å². The van der Waals surface area contributed by atoms with Crippen molar-refractivity contribution < 1.29 is 23.9 Å². The van der Waals surface area contributed by atoms with E-state index in [0.29, 0.717) is 75.7 Å². The Balaban J connectivity index is 0.000000202. The molecule has 0 saturated heterocycles. The van der Waals surface area contributed by atoms with Crippen LogP contribution in [-0.2, 0) is 19.1 Å². The molecular weight excluding hydrogens is 701 g/mol. The van der Waals surface area contributed by atoms with Crippen LogP contribution in [0.3, 0.4) is 0 Å². The van der Waals surface area contributed by atoms with Crippen LogP contribution in [0.2, 0.25) is 0 Å². The lowest BCUT2D eigenvalue weighted by atomic mass is 10.00. The van der Waals surface area contributed by atoms with Gasteiger partial charge in [0.15, 0.2) is 0 Å². The summed E-state index contributed by atoms with van der Waals surface area (Å²) in [5.74, 6) is -0.376. The van der Waals surface area contributed by atoms with E-state index in [1.54, 1.807) is 18.5 Å². The lowest BCUT2D eigenvalue weighted by Gasteiger charge is -2.15. The van der Waals surface area contributed by atoms with Crippen molar-refractivity contribution in [3.8, 4) is 34.9 Å².